The van der Waals surface area contributed by atoms with E-state index in [-0.39, 0.29) is 22.8 Å². The summed E-state index contributed by atoms with van der Waals surface area (Å²) in [6.45, 7) is 0.221. The normalized spacial score (nSPS) is 21.9. The first-order chi connectivity index (χ1) is 22.0. The van der Waals surface area contributed by atoms with Gasteiger partial charge in [-0.05, 0) is 54.7 Å². The summed E-state index contributed by atoms with van der Waals surface area (Å²) in [5.41, 5.74) is 1.49. The molecule has 2 saturated heterocycles. The zero-order chi connectivity index (χ0) is 30.8. The van der Waals surface area contributed by atoms with E-state index < -0.39 is 30.3 Å². The molecule has 9 nitrogen and oxygen atoms in total. The summed E-state index contributed by atoms with van der Waals surface area (Å²) in [6.07, 6.45) is -1.26. The van der Waals surface area contributed by atoms with Gasteiger partial charge in [-0.1, -0.05) is 78.9 Å². The van der Waals surface area contributed by atoms with Crippen LogP contribution in [0.15, 0.2) is 126 Å². The van der Waals surface area contributed by atoms with Gasteiger partial charge in [0.25, 0.3) is 5.56 Å². The van der Waals surface area contributed by atoms with Gasteiger partial charge in [-0.2, -0.15) is 0 Å². The number of H-pyrrole nitrogens is 1. The van der Waals surface area contributed by atoms with Crippen LogP contribution in [0, 0.1) is 4.77 Å². The summed E-state index contributed by atoms with van der Waals surface area (Å²) >= 11 is 5.46. The summed E-state index contributed by atoms with van der Waals surface area (Å²) in [5.74, 6) is 1.24. The summed E-state index contributed by atoms with van der Waals surface area (Å²) in [4.78, 5) is 15.9. The lowest BCUT2D eigenvalue weighted by Gasteiger charge is -2.43. The quantitative estimate of drug-likeness (QED) is 0.196. The summed E-state index contributed by atoms with van der Waals surface area (Å²) < 4.78 is 32.3. The van der Waals surface area contributed by atoms with Gasteiger partial charge in [-0.15, -0.1) is 0 Å². The van der Waals surface area contributed by atoms with Gasteiger partial charge in [0.1, 0.15) is 35.0 Å². The predicted octanol–water partition coefficient (Wildman–Crippen LogP) is 6.96. The average molecular weight is 621 g/mol. The Morgan fingerprint density at radius 3 is 2.07 bits per heavy atom. The zero-order valence-corrected chi connectivity index (χ0v) is 24.6. The Labute approximate surface area is 263 Å². The highest BCUT2D eigenvalue weighted by Gasteiger charge is 2.43. The van der Waals surface area contributed by atoms with Crippen molar-refractivity contribution < 1.29 is 28.8 Å². The fourth-order valence-electron chi connectivity index (χ4n) is 5.26. The Hall–Kier alpha value is -5.00. The van der Waals surface area contributed by atoms with Crippen molar-refractivity contribution in [3.8, 4) is 23.1 Å². The molecule has 2 fully saturated rings. The number of para-hydroxylation sites is 1. The number of hydrogen-bond donors (Lipinski definition) is 2. The summed E-state index contributed by atoms with van der Waals surface area (Å²) in [5, 5.41) is 11.5. The van der Waals surface area contributed by atoms with Gasteiger partial charge in [-0.3, -0.25) is 14.3 Å². The molecule has 4 atom stereocenters. The average Bonchev–Trinajstić information content (AvgIpc) is 3.08. The van der Waals surface area contributed by atoms with Crippen LogP contribution in [0.5, 0.6) is 17.4 Å². The number of nitrogens with one attached hydrogen (secondary N) is 1. The minimum absolute atomic E-state index is 0.0239. The molecule has 0 radical (unpaired) electrons. The number of aromatic amines is 1. The lowest BCUT2D eigenvalue weighted by molar-refractivity contribution is -0.320. The number of benzene rings is 4. The lowest BCUT2D eigenvalue weighted by Crippen LogP contribution is -2.48. The summed E-state index contributed by atoms with van der Waals surface area (Å²) in [7, 11) is 0. The van der Waals surface area contributed by atoms with Crippen molar-refractivity contribution in [3.63, 3.8) is 0 Å². The smallest absolute Gasteiger partial charge is 0.262 e. The molecule has 0 amide bonds. The van der Waals surface area contributed by atoms with E-state index in [4.69, 9.17) is 35.9 Å². The Balaban J connectivity index is 1.25. The minimum atomic E-state index is -0.789. The van der Waals surface area contributed by atoms with E-state index in [0.717, 1.165) is 11.1 Å². The molecule has 2 aliphatic heterocycles. The largest absolute Gasteiger partial charge is 0.494 e. The third kappa shape index (κ3) is 6.04. The first kappa shape index (κ1) is 28.8. The standard InChI is InChI=1S/C35H28N2O7S/c38-31-27(32(39)37(35(45)36-31)24-16-18-26(19-17-24)41-25-14-8-3-9-15-25)20-28-30-29(43-34(42-28)23-12-6-2-7-13-23)21-40-33(44-30)22-10-4-1-5-11-22/h1-20,29-30,33-34,39H,21H2,(H,36,38,45)/t29-,30-,33-,34?/m1/s1. The monoisotopic (exact) mass is 620 g/mol. The van der Waals surface area contributed by atoms with E-state index >= 15 is 0 Å². The van der Waals surface area contributed by atoms with Crippen molar-refractivity contribution >= 4 is 18.3 Å². The predicted molar refractivity (Wildman–Crippen MR) is 169 cm³/mol. The van der Waals surface area contributed by atoms with Crippen LogP contribution in [0.3, 0.4) is 0 Å². The molecule has 4 aromatic carbocycles. The molecule has 0 bridgehead atoms. The van der Waals surface area contributed by atoms with Crippen molar-refractivity contribution in [3.05, 3.63) is 153 Å². The fourth-order valence-corrected chi connectivity index (χ4v) is 5.55. The van der Waals surface area contributed by atoms with Crippen LogP contribution < -0.4 is 10.3 Å². The molecule has 45 heavy (non-hydrogen) atoms. The maximum Gasteiger partial charge on any atom is 0.262 e. The van der Waals surface area contributed by atoms with Gasteiger partial charge in [0.15, 0.2) is 11.1 Å². The molecule has 0 aliphatic carbocycles. The van der Waals surface area contributed by atoms with E-state index in [9.17, 15) is 9.90 Å². The fraction of sp³-hybridized carbons (Fsp3) is 0.143. The second-order valence-electron chi connectivity index (χ2n) is 10.5. The first-order valence-corrected chi connectivity index (χ1v) is 14.8. The van der Waals surface area contributed by atoms with Crippen molar-refractivity contribution in [2.45, 2.75) is 24.8 Å². The first-order valence-electron chi connectivity index (χ1n) is 14.4. The SMILES string of the molecule is O=c1[nH]c(=S)n(-c2ccc(Oc3ccccc3)cc2)c(O)c1C=C1OC(c2ccccc2)O[C@@H]2CO[C@@H](c3ccccc3)O[C@H]12. The number of hydrogen-bond acceptors (Lipinski definition) is 8. The van der Waals surface area contributed by atoms with Crippen molar-refractivity contribution in [1.29, 1.82) is 0 Å². The maximum atomic E-state index is 13.3. The second kappa shape index (κ2) is 12.5. The van der Waals surface area contributed by atoms with Crippen LogP contribution in [0.25, 0.3) is 11.8 Å². The Morgan fingerprint density at radius 1 is 0.800 bits per heavy atom. The highest BCUT2D eigenvalue weighted by molar-refractivity contribution is 7.71. The molecule has 5 aromatic rings. The van der Waals surface area contributed by atoms with Gasteiger partial charge in [0.05, 0.1) is 12.3 Å². The topological polar surface area (TPSA) is 104 Å². The Kier molecular flexibility index (Phi) is 8.02. The molecule has 10 heteroatoms. The van der Waals surface area contributed by atoms with Gasteiger partial charge in [-0.25, -0.2) is 0 Å². The number of ether oxygens (including phenoxy) is 5. The molecule has 1 aromatic heterocycles. The van der Waals surface area contributed by atoms with Crippen LogP contribution in [0.4, 0.5) is 0 Å². The molecule has 1 unspecified atom stereocenters. The molecular weight excluding hydrogens is 592 g/mol. The highest BCUT2D eigenvalue weighted by Crippen LogP contribution is 2.40. The van der Waals surface area contributed by atoms with E-state index in [0.29, 0.717) is 22.9 Å². The van der Waals surface area contributed by atoms with Gasteiger partial charge >= 0.3 is 0 Å². The maximum absolute atomic E-state index is 13.3. The van der Waals surface area contributed by atoms with Crippen molar-refractivity contribution in [2.24, 2.45) is 0 Å². The van der Waals surface area contributed by atoms with Crippen LogP contribution in [0.2, 0.25) is 0 Å². The molecule has 2 N–H and O–H groups in total. The summed E-state index contributed by atoms with van der Waals surface area (Å²) in [6, 6.07) is 35.3. The highest BCUT2D eigenvalue weighted by atomic mass is 32.1. The molecule has 3 heterocycles. The number of aromatic hydroxyl groups is 1. The van der Waals surface area contributed by atoms with Crippen molar-refractivity contribution in [1.82, 2.24) is 9.55 Å². The van der Waals surface area contributed by atoms with Crippen LogP contribution >= 0.6 is 12.2 Å². The Bertz CT molecular complexity index is 1930. The number of nitrogens with zero attached hydrogens (tertiary/aromatic N) is 1. The second-order valence-corrected chi connectivity index (χ2v) is 10.8. The number of rotatable bonds is 6. The minimum Gasteiger partial charge on any atom is -0.494 e. The third-order valence-corrected chi connectivity index (χ3v) is 7.75. The van der Waals surface area contributed by atoms with E-state index in [1.807, 2.05) is 91.0 Å². The molecular formula is C35H28N2O7S. The van der Waals surface area contributed by atoms with Gasteiger partial charge < -0.3 is 28.8 Å². The van der Waals surface area contributed by atoms with E-state index in [1.165, 1.54) is 10.6 Å². The number of fused-ring (bicyclic) bond motifs is 1. The van der Waals surface area contributed by atoms with Crippen LogP contribution in [-0.2, 0) is 18.9 Å². The molecule has 7 rings (SSSR count). The molecule has 2 aliphatic rings. The zero-order valence-electron chi connectivity index (χ0n) is 23.8. The van der Waals surface area contributed by atoms with Gasteiger partial charge in [0.2, 0.25) is 12.2 Å². The Morgan fingerprint density at radius 2 is 1.40 bits per heavy atom. The number of aromatic nitrogens is 2. The molecule has 0 spiro atoms. The van der Waals surface area contributed by atoms with E-state index in [1.54, 1.807) is 24.3 Å². The van der Waals surface area contributed by atoms with Crippen molar-refractivity contribution in [2.75, 3.05) is 6.61 Å². The molecule has 226 valence electrons. The lowest BCUT2D eigenvalue weighted by atomic mass is 10.1. The van der Waals surface area contributed by atoms with Gasteiger partial charge in [0, 0.05) is 11.1 Å². The third-order valence-electron chi connectivity index (χ3n) is 7.47. The van der Waals surface area contributed by atoms with E-state index in [2.05, 4.69) is 4.98 Å². The van der Waals surface area contributed by atoms with Crippen LogP contribution in [-0.4, -0.2) is 33.5 Å². The van der Waals surface area contributed by atoms with Crippen LogP contribution in [0.1, 0.15) is 29.3 Å². The molecule has 0 saturated carbocycles.